The molecule has 29 heavy (non-hydrogen) atoms. The number of hydrogen-bond donors (Lipinski definition) is 1. The molecule has 1 aliphatic heterocycles. The molecule has 0 amide bonds. The van der Waals surface area contributed by atoms with Crippen LogP contribution in [0.5, 0.6) is 5.75 Å². The molecule has 2 atom stereocenters. The number of ether oxygens (including phenoxy) is 2. The predicted octanol–water partition coefficient (Wildman–Crippen LogP) is 4.39. The maximum absolute atomic E-state index is 13.3. The highest BCUT2D eigenvalue weighted by atomic mass is 16.5. The zero-order valence-electron chi connectivity index (χ0n) is 17.0. The number of ketones is 1. The number of rotatable bonds is 4. The first-order valence-electron chi connectivity index (χ1n) is 10.7. The summed E-state index contributed by atoms with van der Waals surface area (Å²) >= 11 is 0. The zero-order chi connectivity index (χ0) is 20.4. The summed E-state index contributed by atoms with van der Waals surface area (Å²) in [4.78, 5) is 26.3. The van der Waals surface area contributed by atoms with Gasteiger partial charge in [-0.2, -0.15) is 0 Å². The summed E-state index contributed by atoms with van der Waals surface area (Å²) in [7, 11) is 1.61. The summed E-state index contributed by atoms with van der Waals surface area (Å²) in [5.41, 5.74) is 3.03. The summed E-state index contributed by atoms with van der Waals surface area (Å²) < 4.78 is 11.5. The van der Waals surface area contributed by atoms with Gasteiger partial charge in [-0.1, -0.05) is 31.2 Å². The molecule has 4 rings (SSSR count). The first-order chi connectivity index (χ1) is 14.1. The van der Waals surface area contributed by atoms with Gasteiger partial charge >= 0.3 is 5.97 Å². The van der Waals surface area contributed by atoms with Crippen molar-refractivity contribution < 1.29 is 19.1 Å². The molecule has 1 N–H and O–H groups in total. The Morgan fingerprint density at radius 1 is 1.10 bits per heavy atom. The molecule has 0 saturated heterocycles. The van der Waals surface area contributed by atoms with Gasteiger partial charge in [0, 0.05) is 34.9 Å². The lowest BCUT2D eigenvalue weighted by Gasteiger charge is -2.39. The van der Waals surface area contributed by atoms with E-state index in [1.165, 1.54) is 6.42 Å². The van der Waals surface area contributed by atoms with Crippen molar-refractivity contribution in [2.45, 2.75) is 63.4 Å². The van der Waals surface area contributed by atoms with Gasteiger partial charge in [-0.05, 0) is 44.6 Å². The molecule has 1 aromatic carbocycles. The van der Waals surface area contributed by atoms with Gasteiger partial charge in [0.05, 0.1) is 7.11 Å². The van der Waals surface area contributed by atoms with E-state index in [1.807, 2.05) is 24.3 Å². The molecule has 0 radical (unpaired) electrons. The number of methoxy groups -OCH3 is 1. The van der Waals surface area contributed by atoms with E-state index in [0.29, 0.717) is 23.4 Å². The van der Waals surface area contributed by atoms with Crippen LogP contribution in [0.2, 0.25) is 0 Å². The van der Waals surface area contributed by atoms with E-state index in [-0.39, 0.29) is 17.9 Å². The molecule has 5 nitrogen and oxygen atoms in total. The van der Waals surface area contributed by atoms with E-state index in [9.17, 15) is 9.59 Å². The Hall–Kier alpha value is -2.56. The minimum atomic E-state index is -0.644. The van der Waals surface area contributed by atoms with Crippen LogP contribution in [0.25, 0.3) is 0 Å². The number of para-hydroxylation sites is 1. The second kappa shape index (κ2) is 8.44. The summed E-state index contributed by atoms with van der Waals surface area (Å²) in [5, 5.41) is 3.28. The Balaban J connectivity index is 1.75. The summed E-state index contributed by atoms with van der Waals surface area (Å²) in [5.74, 6) is -0.603. The molecule has 0 spiro atoms. The Bertz CT molecular complexity index is 850. The van der Waals surface area contributed by atoms with Crippen molar-refractivity contribution in [2.75, 3.05) is 7.11 Å². The van der Waals surface area contributed by atoms with Gasteiger partial charge < -0.3 is 14.8 Å². The van der Waals surface area contributed by atoms with Gasteiger partial charge in [0.2, 0.25) is 0 Å². The van der Waals surface area contributed by atoms with Crippen LogP contribution in [0, 0.1) is 5.92 Å². The van der Waals surface area contributed by atoms with E-state index in [0.717, 1.165) is 49.8 Å². The van der Waals surface area contributed by atoms with Gasteiger partial charge in [0.25, 0.3) is 0 Å². The van der Waals surface area contributed by atoms with Crippen LogP contribution in [0.1, 0.15) is 62.8 Å². The van der Waals surface area contributed by atoms with Gasteiger partial charge in [-0.15, -0.1) is 0 Å². The number of carbonyl (C=O) groups is 2. The van der Waals surface area contributed by atoms with Crippen LogP contribution in [0.3, 0.4) is 0 Å². The van der Waals surface area contributed by atoms with Crippen LogP contribution in [0.15, 0.2) is 47.8 Å². The third-order valence-electron chi connectivity index (χ3n) is 6.35. The first kappa shape index (κ1) is 19.7. The molecule has 1 heterocycles. The van der Waals surface area contributed by atoms with Crippen molar-refractivity contribution in [3.8, 4) is 5.75 Å². The molecule has 0 aromatic heterocycles. The number of esters is 1. The zero-order valence-corrected chi connectivity index (χ0v) is 17.0. The predicted molar refractivity (Wildman–Crippen MR) is 110 cm³/mol. The highest BCUT2D eigenvalue weighted by molar-refractivity contribution is 6.00. The monoisotopic (exact) mass is 395 g/mol. The van der Waals surface area contributed by atoms with E-state index >= 15 is 0 Å². The summed E-state index contributed by atoms with van der Waals surface area (Å²) in [6.45, 7) is 4.16. The van der Waals surface area contributed by atoms with Gasteiger partial charge in [-0.25, -0.2) is 0 Å². The normalized spacial score (nSPS) is 25.3. The van der Waals surface area contributed by atoms with Crippen molar-refractivity contribution >= 4 is 11.8 Å². The van der Waals surface area contributed by atoms with Crippen LogP contribution in [0.4, 0.5) is 0 Å². The lowest BCUT2D eigenvalue weighted by Crippen LogP contribution is -2.42. The van der Waals surface area contributed by atoms with E-state index < -0.39 is 11.8 Å². The number of nitrogens with one attached hydrogen (secondary N) is 1. The summed E-state index contributed by atoms with van der Waals surface area (Å²) in [6, 6.07) is 7.62. The molecule has 2 aliphatic carbocycles. The Kier molecular flexibility index (Phi) is 5.74. The van der Waals surface area contributed by atoms with Crippen molar-refractivity contribution in [2.24, 2.45) is 5.92 Å². The minimum Gasteiger partial charge on any atom is -0.496 e. The minimum absolute atomic E-state index is 0.0418. The standard InChI is InChI=1S/C24H29NO4/c1-15-21(24(27)29-16-9-4-3-5-10-16)22(17-11-6-7-14-20(17)28-2)23-18(25-15)12-8-13-19(23)26/h6-7,11,14,16,21-22,25H,1,3-5,8-10,12-13H2,2H3. The number of carbonyl (C=O) groups excluding carboxylic acids is 2. The molecule has 1 saturated carbocycles. The van der Waals surface area contributed by atoms with Gasteiger partial charge in [-0.3, -0.25) is 9.59 Å². The molecule has 1 aromatic rings. The largest absolute Gasteiger partial charge is 0.496 e. The molecule has 3 aliphatic rings. The smallest absolute Gasteiger partial charge is 0.316 e. The Labute approximate surface area is 172 Å². The maximum atomic E-state index is 13.3. The lowest BCUT2D eigenvalue weighted by molar-refractivity contribution is -0.155. The lowest BCUT2D eigenvalue weighted by atomic mass is 9.71. The fourth-order valence-corrected chi connectivity index (χ4v) is 4.95. The average Bonchev–Trinajstić information content (AvgIpc) is 2.73. The molecule has 1 fully saturated rings. The van der Waals surface area contributed by atoms with E-state index in [1.54, 1.807) is 7.11 Å². The molecular weight excluding hydrogens is 366 g/mol. The first-order valence-corrected chi connectivity index (χ1v) is 10.7. The molecule has 154 valence electrons. The van der Waals surface area contributed by atoms with Crippen LogP contribution in [-0.2, 0) is 14.3 Å². The highest BCUT2D eigenvalue weighted by Crippen LogP contribution is 2.47. The van der Waals surface area contributed by atoms with Crippen LogP contribution in [-0.4, -0.2) is 25.0 Å². The van der Waals surface area contributed by atoms with Gasteiger partial charge in [0.1, 0.15) is 17.8 Å². The molecule has 2 unspecified atom stereocenters. The van der Waals surface area contributed by atoms with E-state index in [2.05, 4.69) is 11.9 Å². The summed E-state index contributed by atoms with van der Waals surface area (Å²) in [6.07, 6.45) is 7.25. The van der Waals surface area contributed by atoms with E-state index in [4.69, 9.17) is 9.47 Å². The van der Waals surface area contributed by atoms with Crippen molar-refractivity contribution in [3.05, 3.63) is 53.4 Å². The topological polar surface area (TPSA) is 64.6 Å². The number of Topliss-reactive ketones (excluding diaryl/α,β-unsaturated/α-hetero) is 1. The average molecular weight is 395 g/mol. The Morgan fingerprint density at radius 2 is 1.86 bits per heavy atom. The maximum Gasteiger partial charge on any atom is 0.316 e. The molecule has 5 heteroatoms. The number of benzene rings is 1. The second-order valence-electron chi connectivity index (χ2n) is 8.21. The third kappa shape index (κ3) is 3.83. The van der Waals surface area contributed by atoms with Crippen molar-refractivity contribution in [1.82, 2.24) is 5.32 Å². The highest BCUT2D eigenvalue weighted by Gasteiger charge is 2.45. The van der Waals surface area contributed by atoms with Gasteiger partial charge in [0.15, 0.2) is 5.78 Å². The molecular formula is C24H29NO4. The number of hydrogen-bond acceptors (Lipinski definition) is 5. The van der Waals surface area contributed by atoms with Crippen molar-refractivity contribution in [1.29, 1.82) is 0 Å². The second-order valence-corrected chi connectivity index (χ2v) is 8.21. The fourth-order valence-electron chi connectivity index (χ4n) is 4.95. The quantitative estimate of drug-likeness (QED) is 0.766. The number of allylic oxidation sites excluding steroid dienone is 2. The SMILES string of the molecule is C=C1NC2=C(C(=O)CCC2)C(c2ccccc2OC)C1C(=O)OC1CCCCC1. The fraction of sp³-hybridized carbons (Fsp3) is 0.500. The van der Waals surface area contributed by atoms with Crippen LogP contribution < -0.4 is 10.1 Å². The Morgan fingerprint density at radius 3 is 2.62 bits per heavy atom. The third-order valence-corrected chi connectivity index (χ3v) is 6.35. The molecule has 0 bridgehead atoms. The van der Waals surface area contributed by atoms with Crippen LogP contribution >= 0.6 is 0 Å². The van der Waals surface area contributed by atoms with Crippen molar-refractivity contribution in [3.63, 3.8) is 0 Å².